The van der Waals surface area contributed by atoms with E-state index in [1.165, 1.54) is 20.8 Å². The summed E-state index contributed by atoms with van der Waals surface area (Å²) in [6.07, 6.45) is -5.70. The van der Waals surface area contributed by atoms with E-state index in [1.807, 2.05) is 20.8 Å². The van der Waals surface area contributed by atoms with Gasteiger partial charge in [0.15, 0.2) is 11.4 Å². The highest BCUT2D eigenvalue weighted by molar-refractivity contribution is 5.89. The number of aliphatic hydroxyl groups is 3. The minimum absolute atomic E-state index is 0.246. The molecule has 3 aliphatic heterocycles. The predicted octanol–water partition coefficient (Wildman–Crippen LogP) is -0.551. The van der Waals surface area contributed by atoms with E-state index in [4.69, 9.17) is 29.4 Å². The van der Waals surface area contributed by atoms with Gasteiger partial charge < -0.3 is 44.7 Å². The minimum atomic E-state index is -2.07. The molecular formula is C32H43NO12. The first-order valence-corrected chi connectivity index (χ1v) is 16.1. The number of aliphatic hydroxyl groups excluding tert-OH is 2. The average Bonchev–Trinajstić information content (AvgIpc) is 3.85. The van der Waals surface area contributed by atoms with Gasteiger partial charge in [-0.1, -0.05) is 20.8 Å². The van der Waals surface area contributed by atoms with Crippen LogP contribution in [0.2, 0.25) is 0 Å². The Hall–Kier alpha value is -2.16. The maximum absolute atomic E-state index is 14.7. The fourth-order valence-electron chi connectivity index (χ4n) is 12.6. The highest BCUT2D eigenvalue weighted by Gasteiger charge is 2.93. The second kappa shape index (κ2) is 8.46. The molecule has 8 fully saturated rings. The van der Waals surface area contributed by atoms with E-state index in [9.17, 15) is 34.5 Å². The van der Waals surface area contributed by atoms with Gasteiger partial charge in [0.1, 0.15) is 24.4 Å². The number of fused-ring (bicyclic) bond motifs is 9. The normalized spacial score (nSPS) is 63.0. The van der Waals surface area contributed by atoms with Crippen molar-refractivity contribution in [3.05, 3.63) is 0 Å². The van der Waals surface area contributed by atoms with Crippen molar-refractivity contribution in [1.29, 1.82) is 0 Å². The zero-order valence-corrected chi connectivity index (χ0v) is 26.5. The second-order valence-electron chi connectivity index (χ2n) is 16.0. The van der Waals surface area contributed by atoms with Crippen molar-refractivity contribution in [2.45, 2.75) is 115 Å². The van der Waals surface area contributed by atoms with Crippen LogP contribution < -0.4 is 5.73 Å². The van der Waals surface area contributed by atoms with Crippen LogP contribution in [0.25, 0.3) is 0 Å². The van der Waals surface area contributed by atoms with E-state index in [-0.39, 0.29) is 11.9 Å². The van der Waals surface area contributed by atoms with Crippen LogP contribution in [0.1, 0.15) is 54.9 Å². The molecule has 0 amide bonds. The Labute approximate surface area is 260 Å². The number of Topliss-reactive ketones (excluding diaryl/α,β-unsaturated/α-hetero) is 1. The van der Waals surface area contributed by atoms with Crippen molar-refractivity contribution in [2.75, 3.05) is 0 Å². The van der Waals surface area contributed by atoms with Gasteiger partial charge in [-0.2, -0.15) is 0 Å². The lowest BCUT2D eigenvalue weighted by Crippen LogP contribution is -2.75. The molecular weight excluding hydrogens is 590 g/mol. The van der Waals surface area contributed by atoms with Gasteiger partial charge in [0.2, 0.25) is 5.79 Å². The molecule has 13 heteroatoms. The summed E-state index contributed by atoms with van der Waals surface area (Å²) >= 11 is 0. The van der Waals surface area contributed by atoms with Gasteiger partial charge in [-0.05, 0) is 38.0 Å². The van der Waals surface area contributed by atoms with Crippen molar-refractivity contribution in [1.82, 2.24) is 0 Å². The van der Waals surface area contributed by atoms with Crippen LogP contribution in [0.15, 0.2) is 0 Å². The van der Waals surface area contributed by atoms with Crippen molar-refractivity contribution in [3.63, 3.8) is 0 Å². The lowest BCUT2D eigenvalue weighted by atomic mass is 9.40. The van der Waals surface area contributed by atoms with Crippen molar-refractivity contribution < 1.29 is 58.2 Å². The first-order chi connectivity index (χ1) is 20.8. The molecule has 0 bridgehead atoms. The van der Waals surface area contributed by atoms with Crippen molar-refractivity contribution >= 4 is 23.7 Å². The highest BCUT2D eigenvalue weighted by atomic mass is 16.8. The largest absolute Gasteiger partial charge is 0.458 e. The number of hydrogen-bond acceptors (Lipinski definition) is 13. The number of carbonyl (C=O) groups is 4. The molecule has 3 heterocycles. The number of ketones is 1. The molecule has 0 aromatic heterocycles. The van der Waals surface area contributed by atoms with Gasteiger partial charge in [-0.15, -0.1) is 0 Å². The molecule has 5 aliphatic carbocycles. The van der Waals surface area contributed by atoms with Crippen LogP contribution in [0, 0.1) is 57.7 Å². The average molecular weight is 634 g/mol. The summed E-state index contributed by atoms with van der Waals surface area (Å²) in [5.41, 5.74) is 0.872. The molecule has 0 radical (unpaired) electrons. The van der Waals surface area contributed by atoms with Crippen molar-refractivity contribution in [3.8, 4) is 0 Å². The molecule has 13 nitrogen and oxygen atoms in total. The number of esters is 3. The number of rotatable bonds is 2. The van der Waals surface area contributed by atoms with E-state index in [0.29, 0.717) is 6.42 Å². The van der Waals surface area contributed by atoms with Gasteiger partial charge in [0.05, 0.1) is 29.8 Å². The van der Waals surface area contributed by atoms with Gasteiger partial charge >= 0.3 is 17.9 Å². The van der Waals surface area contributed by atoms with E-state index >= 15 is 0 Å². The SMILES string of the molecule is CC(=O)O[C@H]1C2C(C(=O)[C@@H](N)[C@H]3C[C@@H]4O[C@@H]4[C@H](O)[C@]23C)[C@@H]2[C@@H](O)[C@@H]3[C@H]([C@H](C)[C@H]4O[C@]45OC(=O)[C@@](C)(O)[C@]35C)[C@@]2(C)[C@H]1OC(C)=O. The topological polar surface area (TPSA) is 208 Å². The quantitative estimate of drug-likeness (QED) is 0.171. The summed E-state index contributed by atoms with van der Waals surface area (Å²) in [7, 11) is 0. The molecule has 3 saturated heterocycles. The Morgan fingerprint density at radius 3 is 2.22 bits per heavy atom. The number of nitrogens with two attached hydrogens (primary N) is 1. The van der Waals surface area contributed by atoms with Crippen LogP contribution in [0.3, 0.4) is 0 Å². The van der Waals surface area contributed by atoms with E-state index in [2.05, 4.69) is 0 Å². The molecule has 248 valence electrons. The van der Waals surface area contributed by atoms with Gasteiger partial charge in [0.25, 0.3) is 0 Å². The Bertz CT molecular complexity index is 1430. The molecule has 0 aromatic rings. The van der Waals surface area contributed by atoms with Gasteiger partial charge in [0, 0.05) is 48.3 Å². The lowest BCUT2D eigenvalue weighted by molar-refractivity contribution is -0.258. The van der Waals surface area contributed by atoms with Gasteiger partial charge in [-0.3, -0.25) is 14.4 Å². The molecule has 45 heavy (non-hydrogen) atoms. The number of epoxide rings is 2. The first-order valence-electron chi connectivity index (χ1n) is 16.1. The summed E-state index contributed by atoms with van der Waals surface area (Å²) < 4.78 is 30.0. The zero-order chi connectivity index (χ0) is 32.7. The standard InChI is InChI=1S/C32H43NO12/c1-9-15-18(30(6)31(7,40)27(39)45-32(30)25(9)44-32)21(37)16-14-17(23(41-10(2)34)26(29(15,16)5)42-11(3)35)28(4)12(19(33)20(14)36)8-13-22(43-13)24(28)38/h9,12-19,21-26,37-38,40H,8,33H2,1-7H3/t9-,12+,13-,14?,15-,16+,17?,18-,19-,21+,22-,23-,24-,25+,26-,28-,29+,30-,31+,32-/m0/s1. The Morgan fingerprint density at radius 2 is 1.60 bits per heavy atom. The third kappa shape index (κ3) is 3.04. The Kier molecular flexibility index (Phi) is 5.67. The molecule has 2 unspecified atom stereocenters. The summed E-state index contributed by atoms with van der Waals surface area (Å²) in [5.74, 6) is -9.26. The molecule has 8 rings (SSSR count). The van der Waals surface area contributed by atoms with Crippen LogP contribution in [0.5, 0.6) is 0 Å². The second-order valence-corrected chi connectivity index (χ2v) is 16.0. The lowest BCUT2D eigenvalue weighted by Gasteiger charge is -2.65. The number of ether oxygens (including phenoxy) is 5. The predicted molar refractivity (Wildman–Crippen MR) is 148 cm³/mol. The fraction of sp³-hybridized carbons (Fsp3) is 0.875. The van der Waals surface area contributed by atoms with E-state index < -0.39 is 130 Å². The van der Waals surface area contributed by atoms with E-state index in [1.54, 1.807) is 6.92 Å². The molecule has 5 N–H and O–H groups in total. The summed E-state index contributed by atoms with van der Waals surface area (Å²) in [4.78, 5) is 53.6. The number of hydrogen-bond donors (Lipinski definition) is 4. The highest BCUT2D eigenvalue weighted by Crippen LogP contribution is 2.80. The van der Waals surface area contributed by atoms with Crippen molar-refractivity contribution in [2.24, 2.45) is 63.4 Å². The third-order valence-corrected chi connectivity index (χ3v) is 14.6. The van der Waals surface area contributed by atoms with Crippen LogP contribution >= 0.6 is 0 Å². The van der Waals surface area contributed by atoms with Crippen LogP contribution in [0.4, 0.5) is 0 Å². The first kappa shape index (κ1) is 30.2. The Morgan fingerprint density at radius 1 is 0.956 bits per heavy atom. The van der Waals surface area contributed by atoms with Crippen LogP contribution in [-0.4, -0.2) is 99.2 Å². The molecule has 8 aliphatic rings. The summed E-state index contributed by atoms with van der Waals surface area (Å²) in [5, 5.41) is 36.3. The number of carbonyl (C=O) groups excluding carboxylic acids is 4. The zero-order valence-electron chi connectivity index (χ0n) is 26.5. The van der Waals surface area contributed by atoms with E-state index in [0.717, 1.165) is 0 Å². The monoisotopic (exact) mass is 633 g/mol. The maximum atomic E-state index is 14.7. The summed E-state index contributed by atoms with van der Waals surface area (Å²) in [6, 6.07) is -1.01. The maximum Gasteiger partial charge on any atom is 0.341 e. The van der Waals surface area contributed by atoms with Gasteiger partial charge in [-0.25, -0.2) is 4.79 Å². The Balaban J connectivity index is 1.38. The molecule has 1 spiro atoms. The minimum Gasteiger partial charge on any atom is -0.458 e. The summed E-state index contributed by atoms with van der Waals surface area (Å²) in [6.45, 7) is 11.1. The molecule has 5 saturated carbocycles. The molecule has 20 atom stereocenters. The fourth-order valence-corrected chi connectivity index (χ4v) is 12.6. The van der Waals surface area contributed by atoms with Crippen LogP contribution in [-0.2, 0) is 42.9 Å². The third-order valence-electron chi connectivity index (χ3n) is 14.6. The smallest absolute Gasteiger partial charge is 0.341 e. The molecule has 0 aromatic carbocycles.